The Morgan fingerprint density at radius 2 is 1.74 bits per heavy atom. The summed E-state index contributed by atoms with van der Waals surface area (Å²) >= 11 is 0. The molecule has 0 unspecified atom stereocenters. The Balaban J connectivity index is 1.92. The highest BCUT2D eigenvalue weighted by molar-refractivity contribution is 5.65. The summed E-state index contributed by atoms with van der Waals surface area (Å²) < 4.78 is 5.29. The van der Waals surface area contributed by atoms with E-state index in [2.05, 4.69) is 42.3 Å². The largest absolute Gasteiger partial charge is 0.497 e. The van der Waals surface area contributed by atoms with Crippen LogP contribution < -0.4 is 9.64 Å². The van der Waals surface area contributed by atoms with Gasteiger partial charge in [-0.05, 0) is 54.7 Å². The molecule has 1 aliphatic carbocycles. The zero-order valence-corrected chi connectivity index (χ0v) is 11.5. The van der Waals surface area contributed by atoms with Gasteiger partial charge >= 0.3 is 0 Å². The van der Waals surface area contributed by atoms with Gasteiger partial charge in [-0.3, -0.25) is 0 Å². The van der Waals surface area contributed by atoms with Gasteiger partial charge in [-0.15, -0.1) is 0 Å². The fourth-order valence-electron chi connectivity index (χ4n) is 2.74. The van der Waals surface area contributed by atoms with E-state index in [1.165, 1.54) is 36.1 Å². The smallest absolute Gasteiger partial charge is 0.120 e. The number of ether oxygens (including phenoxy) is 1. The molecule has 19 heavy (non-hydrogen) atoms. The van der Waals surface area contributed by atoms with Gasteiger partial charge in [0.2, 0.25) is 0 Å². The molecule has 0 amide bonds. The lowest BCUT2D eigenvalue weighted by atomic mass is 10.1. The van der Waals surface area contributed by atoms with E-state index in [0.717, 1.165) is 11.4 Å². The number of benzene rings is 2. The molecule has 0 bridgehead atoms. The van der Waals surface area contributed by atoms with E-state index >= 15 is 0 Å². The highest BCUT2D eigenvalue weighted by atomic mass is 16.5. The van der Waals surface area contributed by atoms with Gasteiger partial charge in [0.05, 0.1) is 7.11 Å². The lowest BCUT2D eigenvalue weighted by molar-refractivity contribution is 0.415. The zero-order chi connectivity index (χ0) is 13.2. The van der Waals surface area contributed by atoms with E-state index in [1.54, 1.807) is 7.11 Å². The van der Waals surface area contributed by atoms with Crippen LogP contribution in [0, 0.1) is 0 Å². The maximum Gasteiger partial charge on any atom is 0.120 e. The second kappa shape index (κ2) is 4.96. The number of rotatable bonds is 3. The van der Waals surface area contributed by atoms with Crippen LogP contribution in [0.25, 0.3) is 0 Å². The normalized spacial score (nSPS) is 13.2. The number of hydrogen-bond acceptors (Lipinski definition) is 2. The van der Waals surface area contributed by atoms with Crippen LogP contribution in [0.2, 0.25) is 0 Å². The van der Waals surface area contributed by atoms with Gasteiger partial charge in [0.15, 0.2) is 0 Å². The molecule has 3 rings (SSSR count). The Hall–Kier alpha value is -1.96. The summed E-state index contributed by atoms with van der Waals surface area (Å²) in [4.78, 5) is 2.21. The van der Waals surface area contributed by atoms with Crippen LogP contribution in [0.5, 0.6) is 5.75 Å². The Bertz CT molecular complexity index is 592. The summed E-state index contributed by atoms with van der Waals surface area (Å²) in [6, 6.07) is 15.0. The SMILES string of the molecule is COc1cccc(N(C)c2ccc3c(c2)CCC3)c1. The monoisotopic (exact) mass is 253 g/mol. The standard InChI is InChI=1S/C17H19NO/c1-18(15-7-4-8-17(12-15)19-2)16-10-9-13-5-3-6-14(13)11-16/h4,7-12H,3,5-6H2,1-2H3. The van der Waals surface area contributed by atoms with E-state index in [1.807, 2.05) is 12.1 Å². The summed E-state index contributed by atoms with van der Waals surface area (Å²) in [5.74, 6) is 0.894. The molecule has 0 fully saturated rings. The predicted octanol–water partition coefficient (Wildman–Crippen LogP) is 3.95. The number of methoxy groups -OCH3 is 1. The fraction of sp³-hybridized carbons (Fsp3) is 0.294. The van der Waals surface area contributed by atoms with Crippen molar-refractivity contribution < 1.29 is 4.74 Å². The van der Waals surface area contributed by atoms with Gasteiger partial charge in [-0.2, -0.15) is 0 Å². The summed E-state index contributed by atoms with van der Waals surface area (Å²) in [6.07, 6.45) is 3.75. The first kappa shape index (κ1) is 12.1. The van der Waals surface area contributed by atoms with Crippen LogP contribution in [0.15, 0.2) is 42.5 Å². The van der Waals surface area contributed by atoms with Gasteiger partial charge < -0.3 is 9.64 Å². The molecule has 0 aliphatic heterocycles. The molecule has 0 spiro atoms. The molecule has 2 nitrogen and oxygen atoms in total. The summed E-state index contributed by atoms with van der Waals surface area (Å²) in [6.45, 7) is 0. The fourth-order valence-corrected chi connectivity index (χ4v) is 2.74. The average molecular weight is 253 g/mol. The molecule has 0 saturated heterocycles. The molecule has 0 heterocycles. The van der Waals surface area contributed by atoms with Gasteiger partial charge in [-0.25, -0.2) is 0 Å². The Morgan fingerprint density at radius 1 is 0.947 bits per heavy atom. The van der Waals surface area contributed by atoms with Gasteiger partial charge in [0, 0.05) is 24.5 Å². The topological polar surface area (TPSA) is 12.5 Å². The number of aryl methyl sites for hydroxylation is 2. The second-order valence-electron chi connectivity index (χ2n) is 5.07. The second-order valence-corrected chi connectivity index (χ2v) is 5.07. The lowest BCUT2D eigenvalue weighted by Crippen LogP contribution is -2.09. The third kappa shape index (κ3) is 2.30. The van der Waals surface area contributed by atoms with Crippen molar-refractivity contribution in [2.24, 2.45) is 0 Å². The minimum Gasteiger partial charge on any atom is -0.497 e. The highest BCUT2D eigenvalue weighted by Crippen LogP contribution is 2.31. The maximum absolute atomic E-state index is 5.29. The summed E-state index contributed by atoms with van der Waals surface area (Å²) in [7, 11) is 3.81. The van der Waals surface area contributed by atoms with Crippen LogP contribution in [0.3, 0.4) is 0 Å². The molecule has 98 valence electrons. The molecule has 0 saturated carbocycles. The minimum atomic E-state index is 0.894. The molecule has 0 atom stereocenters. The van der Waals surface area contributed by atoms with Crippen LogP contribution in [0.4, 0.5) is 11.4 Å². The van der Waals surface area contributed by atoms with Crippen molar-refractivity contribution in [1.82, 2.24) is 0 Å². The van der Waals surface area contributed by atoms with E-state index < -0.39 is 0 Å². The first-order chi connectivity index (χ1) is 9.28. The minimum absolute atomic E-state index is 0.894. The zero-order valence-electron chi connectivity index (χ0n) is 11.5. The van der Waals surface area contributed by atoms with E-state index in [9.17, 15) is 0 Å². The third-order valence-electron chi connectivity index (χ3n) is 3.91. The molecule has 2 aromatic rings. The number of anilines is 2. The van der Waals surface area contributed by atoms with E-state index in [0.29, 0.717) is 0 Å². The van der Waals surface area contributed by atoms with Crippen LogP contribution in [0.1, 0.15) is 17.5 Å². The summed E-state index contributed by atoms with van der Waals surface area (Å²) in [5, 5.41) is 0. The number of fused-ring (bicyclic) bond motifs is 1. The van der Waals surface area contributed by atoms with Crippen LogP contribution in [-0.2, 0) is 12.8 Å². The van der Waals surface area contributed by atoms with Crippen molar-refractivity contribution in [2.45, 2.75) is 19.3 Å². The van der Waals surface area contributed by atoms with Gasteiger partial charge in [0.25, 0.3) is 0 Å². The molecule has 0 aromatic heterocycles. The van der Waals surface area contributed by atoms with Crippen molar-refractivity contribution in [3.8, 4) is 5.75 Å². The van der Waals surface area contributed by atoms with Gasteiger partial charge in [-0.1, -0.05) is 12.1 Å². The third-order valence-corrected chi connectivity index (χ3v) is 3.91. The predicted molar refractivity (Wildman–Crippen MR) is 79.5 cm³/mol. The maximum atomic E-state index is 5.29. The van der Waals surface area contributed by atoms with E-state index in [4.69, 9.17) is 4.74 Å². The lowest BCUT2D eigenvalue weighted by Gasteiger charge is -2.21. The van der Waals surface area contributed by atoms with Crippen molar-refractivity contribution >= 4 is 11.4 Å². The van der Waals surface area contributed by atoms with Crippen LogP contribution in [-0.4, -0.2) is 14.2 Å². The van der Waals surface area contributed by atoms with Crippen molar-refractivity contribution in [1.29, 1.82) is 0 Å². The molecule has 0 radical (unpaired) electrons. The van der Waals surface area contributed by atoms with Crippen molar-refractivity contribution in [3.63, 3.8) is 0 Å². The first-order valence-corrected chi connectivity index (χ1v) is 6.77. The molecule has 0 N–H and O–H groups in total. The highest BCUT2D eigenvalue weighted by Gasteiger charge is 2.13. The molecule has 2 heteroatoms. The Morgan fingerprint density at radius 3 is 2.58 bits per heavy atom. The average Bonchev–Trinajstić information content (AvgIpc) is 2.94. The van der Waals surface area contributed by atoms with Crippen LogP contribution >= 0.6 is 0 Å². The molecule has 2 aromatic carbocycles. The molecule has 1 aliphatic rings. The van der Waals surface area contributed by atoms with E-state index in [-0.39, 0.29) is 0 Å². The molecular formula is C17H19NO. The van der Waals surface area contributed by atoms with Crippen molar-refractivity contribution in [3.05, 3.63) is 53.6 Å². The van der Waals surface area contributed by atoms with Crippen molar-refractivity contribution in [2.75, 3.05) is 19.1 Å². The summed E-state index contributed by atoms with van der Waals surface area (Å²) in [5.41, 5.74) is 5.42. The first-order valence-electron chi connectivity index (χ1n) is 6.77. The number of nitrogens with zero attached hydrogens (tertiary/aromatic N) is 1. The van der Waals surface area contributed by atoms with Gasteiger partial charge in [0.1, 0.15) is 5.75 Å². The molecular weight excluding hydrogens is 234 g/mol. The Labute approximate surface area is 114 Å². The number of hydrogen-bond donors (Lipinski definition) is 0. The quantitative estimate of drug-likeness (QED) is 0.821. The Kier molecular flexibility index (Phi) is 3.16.